The van der Waals surface area contributed by atoms with Crippen LogP contribution in [0.1, 0.15) is 18.4 Å². The topological polar surface area (TPSA) is 108 Å². The van der Waals surface area contributed by atoms with Crippen molar-refractivity contribution in [2.45, 2.75) is 30.8 Å². The minimum Gasteiger partial charge on any atom is -0.394 e. The van der Waals surface area contributed by atoms with Gasteiger partial charge in [-0.15, -0.1) is 0 Å². The van der Waals surface area contributed by atoms with Crippen molar-refractivity contribution < 1.29 is 19.5 Å². The standard InChI is InChI=1S/C19H21N3O4/c23-9-12(6-10-4-2-1-3-5-10)20-15(24)18-8-11-7-13(18)14(18)19(11)16(25)21-17(26)22-19/h1-5,11-14,23H,6-9H2,(H,20,24)(H2,21,22,25,26)/t11-,12+,13-,14+,18+,19-/m0/s1. The Bertz CT molecular complexity index is 812. The lowest BCUT2D eigenvalue weighted by Crippen LogP contribution is -2.51. The number of benzene rings is 1. The van der Waals surface area contributed by atoms with Crippen LogP contribution >= 0.6 is 0 Å². The van der Waals surface area contributed by atoms with E-state index < -0.39 is 17.0 Å². The Labute approximate surface area is 150 Å². The Morgan fingerprint density at radius 1 is 1.31 bits per heavy atom. The molecule has 1 aromatic carbocycles. The van der Waals surface area contributed by atoms with Crippen molar-refractivity contribution in [1.29, 1.82) is 0 Å². The third-order valence-electron chi connectivity index (χ3n) is 6.99. The average Bonchev–Trinajstić information content (AvgIpc) is 2.98. The summed E-state index contributed by atoms with van der Waals surface area (Å²) in [6.07, 6.45) is 1.99. The van der Waals surface area contributed by atoms with Gasteiger partial charge < -0.3 is 15.7 Å². The SMILES string of the molecule is O=C1NC(=O)[C@]2(N1)[C@H]1C[C@H]3[C@@H]2[C@@]3(C(=O)N[C@@H](CO)Cc2ccccc2)C1. The Hall–Kier alpha value is -2.41. The van der Waals surface area contributed by atoms with Gasteiger partial charge >= 0.3 is 6.03 Å². The summed E-state index contributed by atoms with van der Waals surface area (Å²) in [4.78, 5) is 37.1. The third kappa shape index (κ3) is 1.79. The Balaban J connectivity index is 1.33. The summed E-state index contributed by atoms with van der Waals surface area (Å²) in [7, 11) is 0. The van der Waals surface area contributed by atoms with Crippen LogP contribution in [0.4, 0.5) is 4.79 Å². The molecule has 7 heteroatoms. The quantitative estimate of drug-likeness (QED) is 0.555. The van der Waals surface area contributed by atoms with Gasteiger partial charge in [0.25, 0.3) is 5.91 Å². The van der Waals surface area contributed by atoms with Crippen LogP contribution in [0, 0.1) is 23.2 Å². The largest absolute Gasteiger partial charge is 0.394 e. The molecule has 4 aliphatic carbocycles. The molecule has 4 bridgehead atoms. The van der Waals surface area contributed by atoms with Gasteiger partial charge in [-0.2, -0.15) is 0 Å². The molecule has 7 nitrogen and oxygen atoms in total. The number of rotatable bonds is 5. The number of urea groups is 1. The van der Waals surface area contributed by atoms with Gasteiger partial charge in [0, 0.05) is 5.92 Å². The molecule has 0 radical (unpaired) electrons. The molecule has 1 heterocycles. The van der Waals surface area contributed by atoms with E-state index in [0.29, 0.717) is 12.8 Å². The second kappa shape index (κ2) is 5.07. The Kier molecular flexibility index (Phi) is 3.08. The van der Waals surface area contributed by atoms with Gasteiger partial charge in [-0.1, -0.05) is 30.3 Å². The second-order valence-electron chi connectivity index (χ2n) is 8.08. The molecule has 26 heavy (non-hydrogen) atoms. The summed E-state index contributed by atoms with van der Waals surface area (Å²) in [5.41, 5.74) is -0.414. The first-order chi connectivity index (χ1) is 12.5. The van der Waals surface area contributed by atoms with E-state index in [1.165, 1.54) is 0 Å². The van der Waals surface area contributed by atoms with Crippen molar-refractivity contribution in [1.82, 2.24) is 16.0 Å². The predicted octanol–water partition coefficient (Wildman–Crippen LogP) is -0.0596. The molecule has 1 aromatic rings. The average molecular weight is 355 g/mol. The van der Waals surface area contributed by atoms with Gasteiger partial charge in [0.05, 0.1) is 18.1 Å². The summed E-state index contributed by atoms with van der Waals surface area (Å²) >= 11 is 0. The van der Waals surface area contributed by atoms with E-state index in [-0.39, 0.29) is 42.2 Å². The molecule has 4 amide bonds. The molecular formula is C19H21N3O4. The summed E-state index contributed by atoms with van der Waals surface area (Å²) in [5.74, 6) is -0.322. The number of hydrogen-bond acceptors (Lipinski definition) is 4. The third-order valence-corrected chi connectivity index (χ3v) is 6.99. The van der Waals surface area contributed by atoms with Gasteiger partial charge in [-0.25, -0.2) is 4.79 Å². The van der Waals surface area contributed by atoms with Crippen LogP contribution in [0.25, 0.3) is 0 Å². The highest BCUT2D eigenvalue weighted by Gasteiger charge is 2.90. The monoisotopic (exact) mass is 355 g/mol. The lowest BCUT2D eigenvalue weighted by molar-refractivity contribution is -0.128. The van der Waals surface area contributed by atoms with Crippen molar-refractivity contribution >= 4 is 17.8 Å². The number of nitrogens with one attached hydrogen (secondary N) is 3. The summed E-state index contributed by atoms with van der Waals surface area (Å²) < 4.78 is 0. The van der Waals surface area contributed by atoms with Crippen molar-refractivity contribution in [3.8, 4) is 0 Å². The molecule has 1 aliphatic heterocycles. The molecule has 5 fully saturated rings. The van der Waals surface area contributed by atoms with Crippen molar-refractivity contribution in [2.24, 2.45) is 23.2 Å². The van der Waals surface area contributed by atoms with E-state index in [4.69, 9.17) is 0 Å². The number of carbonyl (C=O) groups excluding carboxylic acids is 3. The van der Waals surface area contributed by atoms with Crippen molar-refractivity contribution in [3.63, 3.8) is 0 Å². The van der Waals surface area contributed by atoms with Crippen LogP contribution in [-0.2, 0) is 16.0 Å². The smallest absolute Gasteiger partial charge is 0.322 e. The number of amides is 4. The molecule has 1 saturated heterocycles. The molecule has 6 rings (SSSR count). The minimum absolute atomic E-state index is 0.0244. The Morgan fingerprint density at radius 2 is 2.08 bits per heavy atom. The summed E-state index contributed by atoms with van der Waals surface area (Å²) in [5, 5.41) is 17.9. The zero-order valence-electron chi connectivity index (χ0n) is 14.2. The summed E-state index contributed by atoms with van der Waals surface area (Å²) in [6, 6.07) is 8.90. The maximum atomic E-state index is 13.1. The molecule has 0 aromatic heterocycles. The van der Waals surface area contributed by atoms with Crippen LogP contribution in [0.3, 0.4) is 0 Å². The molecule has 0 unspecified atom stereocenters. The van der Waals surface area contributed by atoms with E-state index in [0.717, 1.165) is 12.0 Å². The van der Waals surface area contributed by atoms with Gasteiger partial charge in [-0.05, 0) is 36.7 Å². The molecule has 136 valence electrons. The van der Waals surface area contributed by atoms with Crippen LogP contribution in [0.15, 0.2) is 30.3 Å². The van der Waals surface area contributed by atoms with Gasteiger partial charge in [0.2, 0.25) is 5.91 Å². The Morgan fingerprint density at radius 3 is 2.69 bits per heavy atom. The van der Waals surface area contributed by atoms with E-state index in [1.807, 2.05) is 30.3 Å². The highest BCUT2D eigenvalue weighted by molar-refractivity contribution is 6.10. The van der Waals surface area contributed by atoms with Gasteiger partial charge in [-0.3, -0.25) is 14.9 Å². The molecule has 5 aliphatic rings. The number of imide groups is 1. The van der Waals surface area contributed by atoms with Crippen LogP contribution in [0.2, 0.25) is 0 Å². The zero-order chi connectivity index (χ0) is 18.1. The van der Waals surface area contributed by atoms with Gasteiger partial charge in [0.15, 0.2) is 0 Å². The molecule has 1 spiro atoms. The maximum Gasteiger partial charge on any atom is 0.322 e. The molecule has 6 atom stereocenters. The lowest BCUT2D eigenvalue weighted by atomic mass is 9.88. The highest BCUT2D eigenvalue weighted by Crippen LogP contribution is 2.82. The summed E-state index contributed by atoms with van der Waals surface area (Å²) in [6.45, 7) is -0.141. The fourth-order valence-corrected chi connectivity index (χ4v) is 6.04. The van der Waals surface area contributed by atoms with Crippen LogP contribution in [0.5, 0.6) is 0 Å². The number of aliphatic hydroxyl groups excluding tert-OH is 1. The van der Waals surface area contributed by atoms with Crippen molar-refractivity contribution in [2.75, 3.05) is 6.61 Å². The van der Waals surface area contributed by atoms with Crippen LogP contribution < -0.4 is 16.0 Å². The fourth-order valence-electron chi connectivity index (χ4n) is 6.04. The van der Waals surface area contributed by atoms with Crippen molar-refractivity contribution in [3.05, 3.63) is 35.9 Å². The normalized spacial score (nSPS) is 39.7. The van der Waals surface area contributed by atoms with E-state index in [9.17, 15) is 19.5 Å². The van der Waals surface area contributed by atoms with Gasteiger partial charge in [0.1, 0.15) is 5.54 Å². The van der Waals surface area contributed by atoms with E-state index in [1.54, 1.807) is 0 Å². The number of hydrogen-bond donors (Lipinski definition) is 4. The first-order valence-electron chi connectivity index (χ1n) is 9.11. The first kappa shape index (κ1) is 15.8. The number of aliphatic hydroxyl groups is 1. The van der Waals surface area contributed by atoms with E-state index in [2.05, 4.69) is 16.0 Å². The highest BCUT2D eigenvalue weighted by atomic mass is 16.3. The maximum absolute atomic E-state index is 13.1. The molecular weight excluding hydrogens is 334 g/mol. The molecule has 4 saturated carbocycles. The number of carbonyl (C=O) groups is 3. The fraction of sp³-hybridized carbons (Fsp3) is 0.526. The molecule has 4 N–H and O–H groups in total. The van der Waals surface area contributed by atoms with E-state index >= 15 is 0 Å². The first-order valence-corrected chi connectivity index (χ1v) is 9.11. The minimum atomic E-state index is -0.896. The predicted molar refractivity (Wildman–Crippen MR) is 90.7 cm³/mol. The van der Waals surface area contributed by atoms with Crippen LogP contribution in [-0.4, -0.2) is 41.1 Å². The second-order valence-corrected chi connectivity index (χ2v) is 8.08. The lowest BCUT2D eigenvalue weighted by Gasteiger charge is -2.24. The zero-order valence-corrected chi connectivity index (χ0v) is 14.2.